The highest BCUT2D eigenvalue weighted by Gasteiger charge is 2.21. The third kappa shape index (κ3) is 2.96. The zero-order chi connectivity index (χ0) is 11.5. The predicted octanol–water partition coefficient (Wildman–Crippen LogP) is 0.575. The van der Waals surface area contributed by atoms with Crippen LogP contribution in [0.15, 0.2) is 12.3 Å². The maximum absolute atomic E-state index is 5.69. The minimum Gasteiger partial charge on any atom is -0.382 e. The Morgan fingerprint density at radius 1 is 1.38 bits per heavy atom. The van der Waals surface area contributed by atoms with E-state index in [1.165, 1.54) is 0 Å². The average Bonchev–Trinajstić information content (AvgIpc) is 2.60. The van der Waals surface area contributed by atoms with Gasteiger partial charge in [0.05, 0.1) is 18.8 Å². The molecule has 0 amide bonds. The molecule has 2 atom stereocenters. The lowest BCUT2D eigenvalue weighted by atomic mass is 10.2. The topological polar surface area (TPSA) is 56.3 Å². The summed E-state index contributed by atoms with van der Waals surface area (Å²) in [5.74, 6) is 0.587. The highest BCUT2D eigenvalue weighted by Crippen LogP contribution is 2.10. The molecule has 1 fully saturated rings. The number of anilines is 1. The molecule has 0 spiro atoms. The summed E-state index contributed by atoms with van der Waals surface area (Å²) in [6.45, 7) is 8.13. The smallest absolute Gasteiger partial charge is 0.145 e. The Labute approximate surface area is 96.2 Å². The first-order chi connectivity index (χ1) is 7.63. The highest BCUT2D eigenvalue weighted by atomic mass is 16.5. The minimum absolute atomic E-state index is 0.325. The van der Waals surface area contributed by atoms with Gasteiger partial charge in [0, 0.05) is 25.8 Å². The van der Waals surface area contributed by atoms with Crippen LogP contribution in [0.4, 0.5) is 5.82 Å². The molecule has 2 heterocycles. The van der Waals surface area contributed by atoms with Crippen LogP contribution in [0.25, 0.3) is 0 Å². The summed E-state index contributed by atoms with van der Waals surface area (Å²) < 4.78 is 7.58. The number of ether oxygens (including phenoxy) is 1. The molecule has 0 radical (unpaired) electrons. The van der Waals surface area contributed by atoms with E-state index in [0.717, 1.165) is 26.2 Å². The molecule has 16 heavy (non-hydrogen) atoms. The number of nitrogens with zero attached hydrogens (tertiary/aromatic N) is 3. The summed E-state index contributed by atoms with van der Waals surface area (Å²) in [4.78, 5) is 2.41. The number of hydrogen-bond donors (Lipinski definition) is 1. The molecule has 1 aliphatic heterocycles. The maximum atomic E-state index is 5.69. The van der Waals surface area contributed by atoms with Crippen molar-refractivity contribution in [2.45, 2.75) is 32.6 Å². The van der Waals surface area contributed by atoms with Crippen molar-refractivity contribution in [2.75, 3.05) is 25.4 Å². The van der Waals surface area contributed by atoms with Crippen LogP contribution in [0.5, 0.6) is 0 Å². The van der Waals surface area contributed by atoms with Crippen molar-refractivity contribution in [3.63, 3.8) is 0 Å². The lowest BCUT2D eigenvalue weighted by molar-refractivity contribution is -0.0687. The lowest BCUT2D eigenvalue weighted by Crippen LogP contribution is -2.46. The van der Waals surface area contributed by atoms with E-state index in [9.17, 15) is 0 Å². The van der Waals surface area contributed by atoms with Crippen molar-refractivity contribution in [3.8, 4) is 0 Å². The molecule has 1 aliphatic rings. The van der Waals surface area contributed by atoms with E-state index in [-0.39, 0.29) is 0 Å². The van der Waals surface area contributed by atoms with Crippen LogP contribution < -0.4 is 5.73 Å². The Bertz CT molecular complexity index is 328. The summed E-state index contributed by atoms with van der Waals surface area (Å²) >= 11 is 0. The fourth-order valence-corrected chi connectivity index (χ4v) is 2.21. The predicted molar refractivity (Wildman–Crippen MR) is 63.1 cm³/mol. The Hall–Kier alpha value is -1.07. The van der Waals surface area contributed by atoms with Gasteiger partial charge >= 0.3 is 0 Å². The van der Waals surface area contributed by atoms with Gasteiger partial charge in [-0.3, -0.25) is 9.58 Å². The standard InChI is InChI=1S/C11H20N4O/c1-9-7-14(8-10(2)16-9)5-6-15-4-3-11(12)13-15/h3-4,9-10H,5-8H2,1-2H3,(H2,12,13)/t9-,10+. The number of rotatable bonds is 3. The summed E-state index contributed by atoms with van der Waals surface area (Å²) in [6.07, 6.45) is 2.57. The monoisotopic (exact) mass is 224 g/mol. The third-order valence-electron chi connectivity index (χ3n) is 2.80. The first-order valence-corrected chi connectivity index (χ1v) is 5.80. The summed E-state index contributed by atoms with van der Waals surface area (Å²) in [6, 6.07) is 1.82. The quantitative estimate of drug-likeness (QED) is 0.815. The molecule has 2 rings (SSSR count). The molecular formula is C11H20N4O. The van der Waals surface area contributed by atoms with E-state index in [0.29, 0.717) is 18.0 Å². The van der Waals surface area contributed by atoms with Gasteiger partial charge in [0.1, 0.15) is 5.82 Å². The molecule has 1 aromatic rings. The molecule has 1 saturated heterocycles. The largest absolute Gasteiger partial charge is 0.382 e. The van der Waals surface area contributed by atoms with Gasteiger partial charge in [-0.05, 0) is 19.9 Å². The van der Waals surface area contributed by atoms with Crippen LogP contribution in [0, 0.1) is 0 Å². The maximum Gasteiger partial charge on any atom is 0.145 e. The second-order valence-corrected chi connectivity index (χ2v) is 4.52. The molecule has 0 saturated carbocycles. The van der Waals surface area contributed by atoms with Gasteiger partial charge in [0.25, 0.3) is 0 Å². The van der Waals surface area contributed by atoms with E-state index >= 15 is 0 Å². The Balaban J connectivity index is 1.81. The number of hydrogen-bond acceptors (Lipinski definition) is 4. The van der Waals surface area contributed by atoms with Crippen LogP contribution in [0.3, 0.4) is 0 Å². The van der Waals surface area contributed by atoms with Crippen molar-refractivity contribution in [1.29, 1.82) is 0 Å². The molecule has 0 bridgehead atoms. The molecule has 2 N–H and O–H groups in total. The fraction of sp³-hybridized carbons (Fsp3) is 0.727. The van der Waals surface area contributed by atoms with Crippen LogP contribution >= 0.6 is 0 Å². The van der Waals surface area contributed by atoms with Crippen molar-refractivity contribution in [3.05, 3.63) is 12.3 Å². The van der Waals surface area contributed by atoms with E-state index in [1.807, 2.05) is 16.9 Å². The SMILES string of the molecule is C[C@@H]1CN(CCn2ccc(N)n2)C[C@H](C)O1. The Kier molecular flexibility index (Phi) is 3.46. The second-order valence-electron chi connectivity index (χ2n) is 4.52. The molecular weight excluding hydrogens is 204 g/mol. The summed E-state index contributed by atoms with van der Waals surface area (Å²) in [7, 11) is 0. The Morgan fingerprint density at radius 3 is 2.62 bits per heavy atom. The molecule has 90 valence electrons. The molecule has 0 aliphatic carbocycles. The zero-order valence-corrected chi connectivity index (χ0v) is 9.97. The van der Waals surface area contributed by atoms with Crippen LogP contribution in [0.1, 0.15) is 13.8 Å². The van der Waals surface area contributed by atoms with Gasteiger partial charge < -0.3 is 10.5 Å². The van der Waals surface area contributed by atoms with E-state index < -0.39 is 0 Å². The zero-order valence-electron chi connectivity index (χ0n) is 9.97. The molecule has 0 aromatic carbocycles. The highest BCUT2D eigenvalue weighted by molar-refractivity contribution is 5.23. The third-order valence-corrected chi connectivity index (χ3v) is 2.80. The van der Waals surface area contributed by atoms with Crippen molar-refractivity contribution < 1.29 is 4.74 Å². The van der Waals surface area contributed by atoms with Crippen molar-refractivity contribution >= 4 is 5.82 Å². The average molecular weight is 224 g/mol. The van der Waals surface area contributed by atoms with E-state index in [2.05, 4.69) is 23.8 Å². The minimum atomic E-state index is 0.325. The van der Waals surface area contributed by atoms with Crippen LogP contribution in [-0.4, -0.2) is 46.5 Å². The lowest BCUT2D eigenvalue weighted by Gasteiger charge is -2.35. The fourth-order valence-electron chi connectivity index (χ4n) is 2.21. The molecule has 5 nitrogen and oxygen atoms in total. The first-order valence-electron chi connectivity index (χ1n) is 5.80. The van der Waals surface area contributed by atoms with Gasteiger partial charge in [-0.2, -0.15) is 5.10 Å². The second kappa shape index (κ2) is 4.84. The van der Waals surface area contributed by atoms with Gasteiger partial charge in [-0.25, -0.2) is 0 Å². The van der Waals surface area contributed by atoms with Gasteiger partial charge in [-0.15, -0.1) is 0 Å². The number of morpholine rings is 1. The van der Waals surface area contributed by atoms with Crippen LogP contribution in [0.2, 0.25) is 0 Å². The van der Waals surface area contributed by atoms with E-state index in [4.69, 9.17) is 10.5 Å². The van der Waals surface area contributed by atoms with Crippen molar-refractivity contribution in [1.82, 2.24) is 14.7 Å². The van der Waals surface area contributed by atoms with Crippen molar-refractivity contribution in [2.24, 2.45) is 0 Å². The first kappa shape index (κ1) is 11.4. The van der Waals surface area contributed by atoms with Gasteiger partial charge in [0.15, 0.2) is 0 Å². The normalized spacial score (nSPS) is 27.1. The van der Waals surface area contributed by atoms with Gasteiger partial charge in [0.2, 0.25) is 0 Å². The van der Waals surface area contributed by atoms with Crippen LogP contribution in [-0.2, 0) is 11.3 Å². The molecule has 1 aromatic heterocycles. The molecule has 0 unspecified atom stereocenters. The number of aromatic nitrogens is 2. The van der Waals surface area contributed by atoms with E-state index in [1.54, 1.807) is 0 Å². The molecule has 5 heteroatoms. The Morgan fingerprint density at radius 2 is 2.06 bits per heavy atom. The number of nitrogen functional groups attached to an aromatic ring is 1. The number of nitrogens with two attached hydrogens (primary N) is 1. The summed E-state index contributed by atoms with van der Waals surface area (Å²) in [5.41, 5.74) is 5.57. The van der Waals surface area contributed by atoms with Gasteiger partial charge in [-0.1, -0.05) is 0 Å². The summed E-state index contributed by atoms with van der Waals surface area (Å²) in [5, 5.41) is 4.17.